The van der Waals surface area contributed by atoms with E-state index < -0.39 is 0 Å². The Kier molecular flexibility index (Phi) is 4.39. The second-order valence-corrected chi connectivity index (χ2v) is 5.10. The van der Waals surface area contributed by atoms with E-state index in [-0.39, 0.29) is 22.4 Å². The zero-order valence-corrected chi connectivity index (χ0v) is 12.2. The number of rotatable bonds is 3. The third-order valence-corrected chi connectivity index (χ3v) is 3.56. The molecule has 1 amide bonds. The van der Waals surface area contributed by atoms with Crippen molar-refractivity contribution in [2.45, 2.75) is 6.54 Å². The van der Waals surface area contributed by atoms with Gasteiger partial charge in [0.05, 0.1) is 5.02 Å². The highest BCUT2D eigenvalue weighted by Gasteiger charge is 2.12. The average molecular weight is 341 g/mol. The Labute approximate surface area is 124 Å². The number of hydrogen-bond donors (Lipinski definition) is 2. The molecule has 2 rings (SSSR count). The molecule has 0 spiro atoms. The number of hydrogen-bond acceptors (Lipinski definition) is 3. The number of carbonyl (C=O) groups is 1. The number of benzene rings is 1. The second kappa shape index (κ2) is 6.04. The third kappa shape index (κ3) is 3.45. The van der Waals surface area contributed by atoms with Crippen LogP contribution in [-0.2, 0) is 6.54 Å². The van der Waals surface area contributed by atoms with Crippen LogP contribution in [0.2, 0.25) is 5.02 Å². The molecule has 98 valence electrons. The molecular formula is C13H11BrClN3O. The van der Waals surface area contributed by atoms with Gasteiger partial charge in [0, 0.05) is 11.0 Å². The number of amides is 1. The second-order valence-electron chi connectivity index (χ2n) is 3.84. The molecule has 0 saturated carbocycles. The molecule has 0 radical (unpaired) electrons. The van der Waals surface area contributed by atoms with E-state index in [2.05, 4.69) is 26.2 Å². The van der Waals surface area contributed by atoms with Gasteiger partial charge in [0.25, 0.3) is 5.91 Å². The quantitative estimate of drug-likeness (QED) is 0.902. The Bertz CT molecular complexity index is 619. The first-order valence-corrected chi connectivity index (χ1v) is 6.68. The number of pyridine rings is 1. The third-order valence-electron chi connectivity index (χ3n) is 2.48. The molecule has 4 nitrogen and oxygen atoms in total. The molecule has 1 heterocycles. The molecule has 1 aromatic carbocycles. The normalized spacial score (nSPS) is 10.2. The standard InChI is InChI=1S/C13H11BrClN3O/c14-9-4-2-1-3-8(9)7-17-13(19)12-10(15)5-6-11(16)18-12/h1-6H,7H2,(H2,16,18)(H,17,19). The van der Waals surface area contributed by atoms with Crippen LogP contribution in [0, 0.1) is 0 Å². The summed E-state index contributed by atoms with van der Waals surface area (Å²) in [6.45, 7) is 0.382. The molecule has 0 aliphatic rings. The molecular weight excluding hydrogens is 330 g/mol. The number of carbonyl (C=O) groups excluding carboxylic acids is 1. The van der Waals surface area contributed by atoms with E-state index >= 15 is 0 Å². The van der Waals surface area contributed by atoms with Crippen molar-refractivity contribution >= 4 is 39.3 Å². The maximum Gasteiger partial charge on any atom is 0.271 e. The van der Waals surface area contributed by atoms with Crippen molar-refractivity contribution < 1.29 is 4.79 Å². The van der Waals surface area contributed by atoms with Crippen LogP contribution in [0.4, 0.5) is 5.82 Å². The average Bonchev–Trinajstić information content (AvgIpc) is 2.40. The fraction of sp³-hybridized carbons (Fsp3) is 0.0769. The van der Waals surface area contributed by atoms with Crippen molar-refractivity contribution in [1.82, 2.24) is 10.3 Å². The molecule has 0 fully saturated rings. The van der Waals surface area contributed by atoms with Crippen molar-refractivity contribution in [1.29, 1.82) is 0 Å². The lowest BCUT2D eigenvalue weighted by Gasteiger charge is -2.08. The Balaban J connectivity index is 2.10. The Morgan fingerprint density at radius 1 is 1.32 bits per heavy atom. The molecule has 19 heavy (non-hydrogen) atoms. The van der Waals surface area contributed by atoms with Crippen molar-refractivity contribution in [3.05, 3.63) is 57.2 Å². The molecule has 0 saturated heterocycles. The Morgan fingerprint density at radius 2 is 2.05 bits per heavy atom. The van der Waals surface area contributed by atoms with Crippen LogP contribution in [0.1, 0.15) is 16.1 Å². The Morgan fingerprint density at radius 3 is 2.79 bits per heavy atom. The summed E-state index contributed by atoms with van der Waals surface area (Å²) < 4.78 is 0.932. The first-order valence-electron chi connectivity index (χ1n) is 5.51. The van der Waals surface area contributed by atoms with Gasteiger partial charge in [-0.25, -0.2) is 4.98 Å². The van der Waals surface area contributed by atoms with Crippen LogP contribution in [0.25, 0.3) is 0 Å². The van der Waals surface area contributed by atoms with Crippen LogP contribution in [0.3, 0.4) is 0 Å². The van der Waals surface area contributed by atoms with Crippen LogP contribution < -0.4 is 11.1 Å². The lowest BCUT2D eigenvalue weighted by atomic mass is 10.2. The highest BCUT2D eigenvalue weighted by Crippen LogP contribution is 2.17. The van der Waals surface area contributed by atoms with E-state index in [4.69, 9.17) is 17.3 Å². The molecule has 3 N–H and O–H groups in total. The number of aromatic nitrogens is 1. The number of nitrogens with zero attached hydrogens (tertiary/aromatic N) is 1. The number of anilines is 1. The smallest absolute Gasteiger partial charge is 0.271 e. The van der Waals surface area contributed by atoms with Gasteiger partial charge in [-0.05, 0) is 23.8 Å². The van der Waals surface area contributed by atoms with Crippen molar-refractivity contribution in [3.63, 3.8) is 0 Å². The fourth-order valence-electron chi connectivity index (χ4n) is 1.52. The molecule has 6 heteroatoms. The maximum absolute atomic E-state index is 12.0. The summed E-state index contributed by atoms with van der Waals surface area (Å²) in [5.41, 5.74) is 6.64. The minimum Gasteiger partial charge on any atom is -0.384 e. The summed E-state index contributed by atoms with van der Waals surface area (Å²) >= 11 is 9.33. The fourth-order valence-corrected chi connectivity index (χ4v) is 2.13. The molecule has 2 aromatic rings. The number of nitrogens with one attached hydrogen (secondary N) is 1. The zero-order chi connectivity index (χ0) is 13.8. The van der Waals surface area contributed by atoms with Gasteiger partial charge >= 0.3 is 0 Å². The van der Waals surface area contributed by atoms with Crippen LogP contribution in [0.5, 0.6) is 0 Å². The van der Waals surface area contributed by atoms with Crippen molar-refractivity contribution in [3.8, 4) is 0 Å². The SMILES string of the molecule is Nc1ccc(Cl)c(C(=O)NCc2ccccc2Br)n1. The zero-order valence-electron chi connectivity index (χ0n) is 9.86. The van der Waals surface area contributed by atoms with Crippen molar-refractivity contribution in [2.75, 3.05) is 5.73 Å². The molecule has 0 aliphatic heterocycles. The monoisotopic (exact) mass is 339 g/mol. The maximum atomic E-state index is 12.0. The van der Waals surface area contributed by atoms with E-state index in [1.54, 1.807) is 12.1 Å². The highest BCUT2D eigenvalue weighted by atomic mass is 79.9. The van der Waals surface area contributed by atoms with Gasteiger partial charge in [-0.15, -0.1) is 0 Å². The van der Waals surface area contributed by atoms with E-state index in [1.807, 2.05) is 24.3 Å². The minimum absolute atomic E-state index is 0.133. The highest BCUT2D eigenvalue weighted by molar-refractivity contribution is 9.10. The first kappa shape index (κ1) is 13.8. The van der Waals surface area contributed by atoms with Gasteiger partial charge in [-0.1, -0.05) is 45.7 Å². The number of halogens is 2. The topological polar surface area (TPSA) is 68.0 Å². The van der Waals surface area contributed by atoms with Gasteiger partial charge in [-0.2, -0.15) is 0 Å². The molecule has 0 unspecified atom stereocenters. The summed E-state index contributed by atoms with van der Waals surface area (Å²) in [7, 11) is 0. The van der Waals surface area contributed by atoms with Gasteiger partial charge in [0.2, 0.25) is 0 Å². The van der Waals surface area contributed by atoms with Gasteiger partial charge in [0.15, 0.2) is 0 Å². The number of nitrogens with two attached hydrogens (primary N) is 1. The molecule has 0 bridgehead atoms. The van der Waals surface area contributed by atoms with E-state index in [0.717, 1.165) is 10.0 Å². The van der Waals surface area contributed by atoms with Gasteiger partial charge in [0.1, 0.15) is 11.5 Å². The predicted octanol–water partition coefficient (Wildman–Crippen LogP) is 3.01. The first-order chi connectivity index (χ1) is 9.08. The lowest BCUT2D eigenvalue weighted by Crippen LogP contribution is -2.24. The number of nitrogen functional groups attached to an aromatic ring is 1. The summed E-state index contributed by atoms with van der Waals surface area (Å²) in [5, 5.41) is 3.03. The largest absolute Gasteiger partial charge is 0.384 e. The van der Waals surface area contributed by atoms with Crippen LogP contribution in [-0.4, -0.2) is 10.9 Å². The summed E-state index contributed by atoms with van der Waals surface area (Å²) in [6.07, 6.45) is 0. The van der Waals surface area contributed by atoms with Crippen LogP contribution in [0.15, 0.2) is 40.9 Å². The van der Waals surface area contributed by atoms with Gasteiger partial charge in [-0.3, -0.25) is 4.79 Å². The minimum atomic E-state index is -0.354. The summed E-state index contributed by atoms with van der Waals surface area (Å²) in [6, 6.07) is 10.7. The van der Waals surface area contributed by atoms with E-state index in [9.17, 15) is 4.79 Å². The summed E-state index contributed by atoms with van der Waals surface area (Å²) in [4.78, 5) is 15.9. The van der Waals surface area contributed by atoms with E-state index in [0.29, 0.717) is 6.54 Å². The Hall–Kier alpha value is -1.59. The molecule has 0 atom stereocenters. The molecule has 0 aliphatic carbocycles. The van der Waals surface area contributed by atoms with E-state index in [1.165, 1.54) is 0 Å². The molecule has 1 aromatic heterocycles. The van der Waals surface area contributed by atoms with Gasteiger partial charge < -0.3 is 11.1 Å². The van der Waals surface area contributed by atoms with Crippen LogP contribution >= 0.6 is 27.5 Å². The predicted molar refractivity (Wildman–Crippen MR) is 79.0 cm³/mol. The summed E-state index contributed by atoms with van der Waals surface area (Å²) in [5.74, 6) is -0.0940. The van der Waals surface area contributed by atoms with Crippen molar-refractivity contribution in [2.24, 2.45) is 0 Å². The lowest BCUT2D eigenvalue weighted by molar-refractivity contribution is 0.0946.